The van der Waals surface area contributed by atoms with E-state index in [0.717, 1.165) is 57.7 Å². The van der Waals surface area contributed by atoms with Gasteiger partial charge in [-0.2, -0.15) is 5.10 Å². The summed E-state index contributed by atoms with van der Waals surface area (Å²) in [6.07, 6.45) is 6.22. The molecule has 1 atom stereocenters. The minimum atomic E-state index is 0.240. The first-order chi connectivity index (χ1) is 10.3. The molecule has 0 aliphatic carbocycles. The number of anilines is 1. The first-order valence-corrected chi connectivity index (χ1v) is 7.87. The Bertz CT molecular complexity index is 460. The van der Waals surface area contributed by atoms with Crippen molar-refractivity contribution < 1.29 is 4.79 Å². The first kappa shape index (κ1) is 14.3. The molecule has 1 aromatic rings. The van der Waals surface area contributed by atoms with Crippen LogP contribution in [0.4, 0.5) is 5.82 Å². The van der Waals surface area contributed by atoms with E-state index in [0.29, 0.717) is 12.6 Å². The molecule has 0 unspecified atom stereocenters. The SMILES string of the molecule is O=C(CN[C@@H]1CCCN(c2cccnn2)C1)N1CCCC1. The van der Waals surface area contributed by atoms with Crippen LogP contribution in [-0.2, 0) is 4.79 Å². The molecule has 2 aliphatic rings. The van der Waals surface area contributed by atoms with Crippen LogP contribution in [0.25, 0.3) is 0 Å². The van der Waals surface area contributed by atoms with Gasteiger partial charge in [-0.25, -0.2) is 0 Å². The van der Waals surface area contributed by atoms with Crippen molar-refractivity contribution in [2.24, 2.45) is 0 Å². The fourth-order valence-corrected chi connectivity index (χ4v) is 3.12. The van der Waals surface area contributed by atoms with Crippen molar-refractivity contribution in [3.63, 3.8) is 0 Å². The minimum Gasteiger partial charge on any atom is -0.354 e. The quantitative estimate of drug-likeness (QED) is 0.882. The zero-order valence-electron chi connectivity index (χ0n) is 12.4. The van der Waals surface area contributed by atoms with Gasteiger partial charge in [0.25, 0.3) is 0 Å². The summed E-state index contributed by atoms with van der Waals surface area (Å²) < 4.78 is 0. The molecular formula is C15H23N5O. The number of aromatic nitrogens is 2. The molecule has 6 nitrogen and oxygen atoms in total. The van der Waals surface area contributed by atoms with Crippen LogP contribution < -0.4 is 10.2 Å². The van der Waals surface area contributed by atoms with Crippen molar-refractivity contribution in [2.75, 3.05) is 37.6 Å². The molecule has 0 saturated carbocycles. The van der Waals surface area contributed by atoms with E-state index in [1.165, 1.54) is 0 Å². The largest absolute Gasteiger partial charge is 0.354 e. The maximum absolute atomic E-state index is 12.1. The highest BCUT2D eigenvalue weighted by Crippen LogP contribution is 2.16. The highest BCUT2D eigenvalue weighted by atomic mass is 16.2. The van der Waals surface area contributed by atoms with Crippen molar-refractivity contribution in [3.8, 4) is 0 Å². The van der Waals surface area contributed by atoms with Gasteiger partial charge in [0, 0.05) is 38.4 Å². The van der Waals surface area contributed by atoms with E-state index in [4.69, 9.17) is 0 Å². The van der Waals surface area contributed by atoms with Crippen LogP contribution in [0.1, 0.15) is 25.7 Å². The lowest BCUT2D eigenvalue weighted by Gasteiger charge is -2.33. The number of nitrogens with one attached hydrogen (secondary N) is 1. The van der Waals surface area contributed by atoms with E-state index in [2.05, 4.69) is 20.4 Å². The van der Waals surface area contributed by atoms with Crippen LogP contribution in [0.2, 0.25) is 0 Å². The molecule has 21 heavy (non-hydrogen) atoms. The molecule has 1 aromatic heterocycles. The Balaban J connectivity index is 1.48. The van der Waals surface area contributed by atoms with Crippen LogP contribution >= 0.6 is 0 Å². The summed E-state index contributed by atoms with van der Waals surface area (Å²) in [7, 11) is 0. The first-order valence-electron chi connectivity index (χ1n) is 7.87. The number of piperidine rings is 1. The molecule has 6 heteroatoms. The molecule has 0 aromatic carbocycles. The Kier molecular flexibility index (Phi) is 4.65. The van der Waals surface area contributed by atoms with E-state index in [1.807, 2.05) is 17.0 Å². The van der Waals surface area contributed by atoms with Gasteiger partial charge in [-0.15, -0.1) is 5.10 Å². The standard InChI is InChI=1S/C15H23N5O/c21-15(19-8-1-2-9-19)11-16-13-5-4-10-20(12-13)14-6-3-7-17-18-14/h3,6-7,13,16H,1-2,4-5,8-12H2/t13-/m1/s1. The van der Waals surface area contributed by atoms with Gasteiger partial charge in [-0.05, 0) is 37.8 Å². The highest BCUT2D eigenvalue weighted by Gasteiger charge is 2.23. The van der Waals surface area contributed by atoms with Gasteiger partial charge in [0.2, 0.25) is 5.91 Å². The number of hydrogen-bond donors (Lipinski definition) is 1. The third kappa shape index (κ3) is 3.69. The number of amides is 1. The lowest BCUT2D eigenvalue weighted by Crippen LogP contribution is -2.49. The molecule has 3 rings (SSSR count). The van der Waals surface area contributed by atoms with Gasteiger partial charge in [0.15, 0.2) is 5.82 Å². The van der Waals surface area contributed by atoms with Crippen molar-refractivity contribution in [3.05, 3.63) is 18.3 Å². The van der Waals surface area contributed by atoms with E-state index < -0.39 is 0 Å². The topological polar surface area (TPSA) is 61.4 Å². The molecule has 0 bridgehead atoms. The molecule has 2 aliphatic heterocycles. The maximum Gasteiger partial charge on any atom is 0.236 e. The lowest BCUT2D eigenvalue weighted by molar-refractivity contribution is -0.129. The van der Waals surface area contributed by atoms with Crippen LogP contribution in [0.5, 0.6) is 0 Å². The number of rotatable bonds is 4. The van der Waals surface area contributed by atoms with E-state index in [1.54, 1.807) is 6.20 Å². The molecule has 2 saturated heterocycles. The average Bonchev–Trinajstić information content (AvgIpc) is 3.08. The number of carbonyl (C=O) groups is 1. The summed E-state index contributed by atoms with van der Waals surface area (Å²) in [5.41, 5.74) is 0. The van der Waals surface area contributed by atoms with Gasteiger partial charge in [0.05, 0.1) is 6.54 Å². The zero-order valence-corrected chi connectivity index (χ0v) is 12.4. The Labute approximate surface area is 125 Å². The number of likely N-dealkylation sites (tertiary alicyclic amines) is 1. The van der Waals surface area contributed by atoms with Gasteiger partial charge in [-0.1, -0.05) is 0 Å². The maximum atomic E-state index is 12.1. The third-order valence-corrected chi connectivity index (χ3v) is 4.30. The summed E-state index contributed by atoms with van der Waals surface area (Å²) in [5, 5.41) is 11.5. The minimum absolute atomic E-state index is 0.240. The molecule has 0 spiro atoms. The number of nitrogens with zero attached hydrogens (tertiary/aromatic N) is 4. The van der Waals surface area contributed by atoms with Gasteiger partial charge in [0.1, 0.15) is 0 Å². The fourth-order valence-electron chi connectivity index (χ4n) is 3.12. The molecule has 114 valence electrons. The van der Waals surface area contributed by atoms with E-state index in [9.17, 15) is 4.79 Å². The Morgan fingerprint density at radius 2 is 2.14 bits per heavy atom. The summed E-state index contributed by atoms with van der Waals surface area (Å²) in [5.74, 6) is 1.17. The molecule has 1 N–H and O–H groups in total. The van der Waals surface area contributed by atoms with Crippen LogP contribution in [0.15, 0.2) is 18.3 Å². The lowest BCUT2D eigenvalue weighted by atomic mass is 10.1. The summed E-state index contributed by atoms with van der Waals surface area (Å²) in [6.45, 7) is 4.22. The van der Waals surface area contributed by atoms with Gasteiger partial charge >= 0.3 is 0 Å². The molecule has 1 amide bonds. The Hall–Kier alpha value is -1.69. The average molecular weight is 289 g/mol. The Morgan fingerprint density at radius 1 is 1.29 bits per heavy atom. The Morgan fingerprint density at radius 3 is 2.90 bits per heavy atom. The van der Waals surface area contributed by atoms with Gasteiger partial charge < -0.3 is 15.1 Å². The smallest absolute Gasteiger partial charge is 0.236 e. The molecular weight excluding hydrogens is 266 g/mol. The van der Waals surface area contributed by atoms with Crippen molar-refractivity contribution >= 4 is 11.7 Å². The van der Waals surface area contributed by atoms with E-state index in [-0.39, 0.29) is 5.91 Å². The van der Waals surface area contributed by atoms with Gasteiger partial charge in [-0.3, -0.25) is 4.79 Å². The monoisotopic (exact) mass is 289 g/mol. The summed E-state index contributed by atoms with van der Waals surface area (Å²) >= 11 is 0. The van der Waals surface area contributed by atoms with Crippen molar-refractivity contribution in [2.45, 2.75) is 31.7 Å². The van der Waals surface area contributed by atoms with Crippen LogP contribution in [0, 0.1) is 0 Å². The molecule has 2 fully saturated rings. The molecule has 0 radical (unpaired) electrons. The second-order valence-electron chi connectivity index (χ2n) is 5.84. The third-order valence-electron chi connectivity index (χ3n) is 4.30. The van der Waals surface area contributed by atoms with Crippen molar-refractivity contribution in [1.82, 2.24) is 20.4 Å². The number of hydrogen-bond acceptors (Lipinski definition) is 5. The number of carbonyl (C=O) groups excluding carboxylic acids is 1. The summed E-state index contributed by atoms with van der Waals surface area (Å²) in [6, 6.07) is 4.26. The normalized spacial score (nSPS) is 22.6. The second kappa shape index (κ2) is 6.85. The predicted octanol–water partition coefficient (Wildman–Crippen LogP) is 0.657. The highest BCUT2D eigenvalue weighted by molar-refractivity contribution is 5.78. The molecule has 3 heterocycles. The van der Waals surface area contributed by atoms with Crippen LogP contribution in [0.3, 0.4) is 0 Å². The van der Waals surface area contributed by atoms with Crippen LogP contribution in [-0.4, -0.2) is 59.8 Å². The fraction of sp³-hybridized carbons (Fsp3) is 0.667. The van der Waals surface area contributed by atoms with Crippen molar-refractivity contribution in [1.29, 1.82) is 0 Å². The zero-order chi connectivity index (χ0) is 14.5. The summed E-state index contributed by atoms with van der Waals surface area (Å²) in [4.78, 5) is 16.3. The second-order valence-corrected chi connectivity index (χ2v) is 5.84. The van der Waals surface area contributed by atoms with E-state index >= 15 is 0 Å². The predicted molar refractivity (Wildman–Crippen MR) is 81.1 cm³/mol.